The van der Waals surface area contributed by atoms with Gasteiger partial charge < -0.3 is 5.11 Å². The van der Waals surface area contributed by atoms with E-state index in [1.807, 2.05) is 54.6 Å². The van der Waals surface area contributed by atoms with E-state index in [4.69, 9.17) is 0 Å². The first-order chi connectivity index (χ1) is 11.5. The molecule has 0 radical (unpaired) electrons. The number of hydrogen-bond acceptors (Lipinski definition) is 3. The van der Waals surface area contributed by atoms with Crippen LogP contribution in [-0.4, -0.2) is 24.0 Å². The largest absolute Gasteiger partial charge is 0.385 e. The zero-order valence-electron chi connectivity index (χ0n) is 13.6. The van der Waals surface area contributed by atoms with Gasteiger partial charge in [0.25, 0.3) is 0 Å². The van der Waals surface area contributed by atoms with Crippen LogP contribution < -0.4 is 0 Å². The van der Waals surface area contributed by atoms with Gasteiger partial charge in [-0.3, -0.25) is 0 Å². The molecule has 2 aliphatic heterocycles. The third-order valence-electron chi connectivity index (χ3n) is 5.63. The molecule has 4 heteroatoms. The number of hydrogen-bond donors (Lipinski definition) is 1. The molecule has 2 fully saturated rings. The molecular formula is C20H22O3S. The van der Waals surface area contributed by atoms with E-state index < -0.39 is 25.9 Å². The van der Waals surface area contributed by atoms with E-state index in [-0.39, 0.29) is 0 Å². The Hall–Kier alpha value is -1.65. The lowest BCUT2D eigenvalue weighted by Crippen LogP contribution is -2.50. The molecule has 0 aliphatic carbocycles. The van der Waals surface area contributed by atoms with Crippen molar-refractivity contribution >= 4 is 9.84 Å². The Morgan fingerprint density at radius 3 is 2.12 bits per heavy atom. The fourth-order valence-corrected chi connectivity index (χ4v) is 6.98. The van der Waals surface area contributed by atoms with Crippen LogP contribution in [0.3, 0.4) is 0 Å². The second-order valence-corrected chi connectivity index (χ2v) is 9.63. The van der Waals surface area contributed by atoms with Gasteiger partial charge >= 0.3 is 0 Å². The zero-order valence-corrected chi connectivity index (χ0v) is 14.4. The first-order valence-corrected chi connectivity index (χ1v) is 10.2. The van der Waals surface area contributed by atoms with Crippen LogP contribution in [0.25, 0.3) is 11.1 Å². The van der Waals surface area contributed by atoms with Crippen molar-refractivity contribution in [3.8, 4) is 11.1 Å². The van der Waals surface area contributed by atoms with Crippen LogP contribution in [0.2, 0.25) is 0 Å². The Balaban J connectivity index is 1.80. The third kappa shape index (κ3) is 2.49. The van der Waals surface area contributed by atoms with Crippen LogP contribution in [0.5, 0.6) is 0 Å². The van der Waals surface area contributed by atoms with E-state index in [1.165, 1.54) is 0 Å². The number of benzene rings is 2. The summed E-state index contributed by atoms with van der Waals surface area (Å²) in [7, 11) is -3.08. The van der Waals surface area contributed by atoms with Gasteiger partial charge in [-0.1, -0.05) is 61.0 Å². The van der Waals surface area contributed by atoms with Crippen LogP contribution in [0.1, 0.15) is 37.7 Å². The molecule has 0 saturated carbocycles. The average molecular weight is 342 g/mol. The first-order valence-electron chi connectivity index (χ1n) is 8.61. The molecule has 2 aromatic carbocycles. The lowest BCUT2D eigenvalue weighted by molar-refractivity contribution is 0.00554. The van der Waals surface area contributed by atoms with Crippen molar-refractivity contribution < 1.29 is 13.5 Å². The lowest BCUT2D eigenvalue weighted by atomic mass is 9.77. The van der Waals surface area contributed by atoms with E-state index in [0.29, 0.717) is 25.7 Å². The van der Waals surface area contributed by atoms with Gasteiger partial charge in [-0.15, -0.1) is 0 Å². The van der Waals surface area contributed by atoms with Gasteiger partial charge in [0.05, 0.1) is 16.1 Å². The van der Waals surface area contributed by atoms with Gasteiger partial charge in [0, 0.05) is 0 Å². The molecule has 24 heavy (non-hydrogen) atoms. The molecule has 126 valence electrons. The summed E-state index contributed by atoms with van der Waals surface area (Å²) in [6, 6.07) is 17.9. The predicted octanol–water partition coefficient (Wildman–Crippen LogP) is 3.67. The SMILES string of the molecule is O=S1(=O)C2CCCC1CC(O)(c1ccccc1-c1ccccc1)C2. The zero-order chi connectivity index (χ0) is 16.8. The second kappa shape index (κ2) is 5.71. The minimum absolute atomic E-state index is 0.315. The smallest absolute Gasteiger partial charge is 0.156 e. The van der Waals surface area contributed by atoms with E-state index in [0.717, 1.165) is 23.1 Å². The van der Waals surface area contributed by atoms with Crippen molar-refractivity contribution in [2.24, 2.45) is 0 Å². The lowest BCUT2D eigenvalue weighted by Gasteiger charge is -2.44. The van der Waals surface area contributed by atoms with Gasteiger partial charge in [-0.25, -0.2) is 8.42 Å². The molecule has 0 spiro atoms. The fourth-order valence-electron chi connectivity index (χ4n) is 4.43. The molecule has 2 saturated heterocycles. The van der Waals surface area contributed by atoms with Gasteiger partial charge in [-0.2, -0.15) is 0 Å². The maximum atomic E-state index is 12.6. The summed E-state index contributed by atoms with van der Waals surface area (Å²) in [6.45, 7) is 0. The quantitative estimate of drug-likeness (QED) is 0.906. The van der Waals surface area contributed by atoms with E-state index in [9.17, 15) is 13.5 Å². The van der Waals surface area contributed by atoms with Gasteiger partial charge in [0.2, 0.25) is 0 Å². The minimum atomic E-state index is -3.08. The normalized spacial score (nSPS) is 31.5. The van der Waals surface area contributed by atoms with E-state index >= 15 is 0 Å². The third-order valence-corrected chi connectivity index (χ3v) is 8.29. The Bertz CT molecular complexity index is 822. The highest BCUT2D eigenvalue weighted by Gasteiger charge is 2.51. The molecule has 0 aromatic heterocycles. The molecule has 2 aromatic rings. The fraction of sp³-hybridized carbons (Fsp3) is 0.400. The molecule has 2 atom stereocenters. The first kappa shape index (κ1) is 15.9. The van der Waals surface area contributed by atoms with Crippen molar-refractivity contribution in [3.05, 3.63) is 60.2 Å². The van der Waals surface area contributed by atoms with Crippen LogP contribution in [0.4, 0.5) is 0 Å². The second-order valence-electron chi connectivity index (χ2n) is 7.12. The van der Waals surface area contributed by atoms with Crippen molar-refractivity contribution in [1.29, 1.82) is 0 Å². The Morgan fingerprint density at radius 2 is 1.46 bits per heavy atom. The number of fused-ring (bicyclic) bond motifs is 2. The summed E-state index contributed by atoms with van der Waals surface area (Å²) in [5.41, 5.74) is 1.86. The van der Waals surface area contributed by atoms with Crippen LogP contribution in [-0.2, 0) is 15.4 Å². The molecule has 2 bridgehead atoms. The molecule has 4 rings (SSSR count). The maximum Gasteiger partial charge on any atom is 0.156 e. The molecule has 2 unspecified atom stereocenters. The van der Waals surface area contributed by atoms with Crippen LogP contribution in [0, 0.1) is 0 Å². The topological polar surface area (TPSA) is 54.4 Å². The predicted molar refractivity (Wildman–Crippen MR) is 95.4 cm³/mol. The number of aliphatic hydroxyl groups is 1. The van der Waals surface area contributed by atoms with Gasteiger partial charge in [0.1, 0.15) is 0 Å². The summed E-state index contributed by atoms with van der Waals surface area (Å²) in [5, 5.41) is 10.7. The van der Waals surface area contributed by atoms with E-state index in [2.05, 4.69) is 0 Å². The Morgan fingerprint density at radius 1 is 0.875 bits per heavy atom. The monoisotopic (exact) mass is 342 g/mol. The average Bonchev–Trinajstić information content (AvgIpc) is 2.57. The van der Waals surface area contributed by atoms with Crippen molar-refractivity contribution in [3.63, 3.8) is 0 Å². The molecule has 3 nitrogen and oxygen atoms in total. The highest BCUT2D eigenvalue weighted by atomic mass is 32.2. The molecule has 2 heterocycles. The Labute approximate surface area is 143 Å². The van der Waals surface area contributed by atoms with Gasteiger partial charge in [0.15, 0.2) is 9.84 Å². The standard InChI is InChI=1S/C20H22O3S/c21-20(13-16-9-6-10-17(14-20)24(16,22)23)19-12-5-4-11-18(19)15-7-2-1-3-8-15/h1-5,7-8,11-12,16-17,21H,6,9-10,13-14H2. The summed E-state index contributed by atoms with van der Waals surface area (Å²) < 4.78 is 25.1. The molecular weight excluding hydrogens is 320 g/mol. The minimum Gasteiger partial charge on any atom is -0.385 e. The van der Waals surface area contributed by atoms with Gasteiger partial charge in [-0.05, 0) is 42.4 Å². The van der Waals surface area contributed by atoms with Crippen molar-refractivity contribution in [2.45, 2.75) is 48.2 Å². The number of sulfone groups is 1. The van der Waals surface area contributed by atoms with Crippen LogP contribution in [0.15, 0.2) is 54.6 Å². The maximum absolute atomic E-state index is 12.6. The Kier molecular flexibility index (Phi) is 3.77. The number of rotatable bonds is 2. The van der Waals surface area contributed by atoms with Crippen molar-refractivity contribution in [2.75, 3.05) is 0 Å². The van der Waals surface area contributed by atoms with E-state index in [1.54, 1.807) is 0 Å². The highest BCUT2D eigenvalue weighted by molar-refractivity contribution is 7.92. The molecule has 1 N–H and O–H groups in total. The summed E-state index contributed by atoms with van der Waals surface area (Å²) in [5.74, 6) is 0. The molecule has 0 amide bonds. The summed E-state index contributed by atoms with van der Waals surface area (Å²) in [6.07, 6.45) is 2.93. The summed E-state index contributed by atoms with van der Waals surface area (Å²) in [4.78, 5) is 0. The van der Waals surface area contributed by atoms with Crippen molar-refractivity contribution in [1.82, 2.24) is 0 Å². The van der Waals surface area contributed by atoms with Crippen LogP contribution >= 0.6 is 0 Å². The highest BCUT2D eigenvalue weighted by Crippen LogP contribution is 2.48. The molecule has 2 aliphatic rings. The summed E-state index contributed by atoms with van der Waals surface area (Å²) >= 11 is 0.